The average molecular weight is 439 g/mol. The van der Waals surface area contributed by atoms with Gasteiger partial charge in [0, 0.05) is 23.2 Å². The number of H-pyrrole nitrogens is 1. The van der Waals surface area contributed by atoms with Crippen molar-refractivity contribution < 1.29 is 9.18 Å². The number of halogens is 1. The maximum Gasteiger partial charge on any atom is 0.329 e. The van der Waals surface area contributed by atoms with E-state index < -0.39 is 17.2 Å². The molecule has 158 valence electrons. The maximum absolute atomic E-state index is 13.2. The number of thiazole rings is 1. The summed E-state index contributed by atoms with van der Waals surface area (Å²) >= 11 is 1.28. The summed E-state index contributed by atoms with van der Waals surface area (Å²) < 4.78 is 14.5. The van der Waals surface area contributed by atoms with Crippen LogP contribution in [0.25, 0.3) is 22.3 Å². The van der Waals surface area contributed by atoms with Crippen LogP contribution in [-0.2, 0) is 6.54 Å². The van der Waals surface area contributed by atoms with Crippen LogP contribution in [0.4, 0.5) is 9.52 Å². The van der Waals surface area contributed by atoms with Gasteiger partial charge in [0.15, 0.2) is 5.13 Å². The van der Waals surface area contributed by atoms with Gasteiger partial charge in [0.25, 0.3) is 11.5 Å². The number of carbonyl (C=O) groups excluding carboxylic acids is 1. The molecule has 0 saturated heterocycles. The number of aryl methyl sites for hydroxylation is 2. The molecule has 0 atom stereocenters. The Kier molecular flexibility index (Phi) is 5.47. The van der Waals surface area contributed by atoms with Crippen LogP contribution in [0.1, 0.15) is 28.6 Å². The van der Waals surface area contributed by atoms with Crippen LogP contribution >= 0.6 is 11.3 Å². The van der Waals surface area contributed by atoms with Gasteiger partial charge in [0.05, 0.1) is 16.6 Å². The molecular weight excluding hydrogens is 421 g/mol. The molecule has 0 aliphatic rings. The second kappa shape index (κ2) is 8.23. The minimum Gasteiger partial charge on any atom is -0.298 e. The Bertz CT molecular complexity index is 1410. The van der Waals surface area contributed by atoms with Crippen LogP contribution in [-0.4, -0.2) is 25.4 Å². The van der Waals surface area contributed by atoms with E-state index in [0.717, 1.165) is 10.4 Å². The molecule has 2 N–H and O–H groups in total. The van der Waals surface area contributed by atoms with Gasteiger partial charge < -0.3 is 0 Å². The molecule has 3 heterocycles. The van der Waals surface area contributed by atoms with E-state index in [1.54, 1.807) is 12.1 Å². The third-order valence-corrected chi connectivity index (χ3v) is 5.56. The van der Waals surface area contributed by atoms with Crippen LogP contribution in [0.2, 0.25) is 0 Å². The highest BCUT2D eigenvalue weighted by Gasteiger charge is 2.16. The minimum atomic E-state index is -0.599. The largest absolute Gasteiger partial charge is 0.329 e. The van der Waals surface area contributed by atoms with Crippen molar-refractivity contribution in [2.45, 2.75) is 26.8 Å². The van der Waals surface area contributed by atoms with Gasteiger partial charge in [-0.25, -0.2) is 19.2 Å². The fourth-order valence-corrected chi connectivity index (χ4v) is 4.05. The molecule has 4 aromatic rings. The first kappa shape index (κ1) is 20.6. The van der Waals surface area contributed by atoms with E-state index in [2.05, 4.69) is 20.3 Å². The Balaban J connectivity index is 1.65. The van der Waals surface area contributed by atoms with Gasteiger partial charge in [-0.2, -0.15) is 0 Å². The predicted octanol–water partition coefficient (Wildman–Crippen LogP) is 3.32. The van der Waals surface area contributed by atoms with E-state index in [1.165, 1.54) is 40.3 Å². The van der Waals surface area contributed by atoms with E-state index in [9.17, 15) is 18.8 Å². The summed E-state index contributed by atoms with van der Waals surface area (Å²) in [6.45, 7) is 4.16. The molecule has 0 spiro atoms. The third kappa shape index (κ3) is 4.02. The summed E-state index contributed by atoms with van der Waals surface area (Å²) in [5.74, 6) is -0.824. The van der Waals surface area contributed by atoms with Gasteiger partial charge in [-0.3, -0.25) is 24.5 Å². The number of pyridine rings is 1. The first-order valence-electron chi connectivity index (χ1n) is 9.55. The molecule has 4 rings (SSSR count). The lowest BCUT2D eigenvalue weighted by molar-refractivity contribution is 0.102. The first-order valence-corrected chi connectivity index (χ1v) is 10.4. The highest BCUT2D eigenvalue weighted by molar-refractivity contribution is 7.16. The molecular formula is C21H18FN5O3S. The number of carbonyl (C=O) groups is 1. The van der Waals surface area contributed by atoms with Crippen LogP contribution in [0.3, 0.4) is 0 Å². The van der Waals surface area contributed by atoms with E-state index in [4.69, 9.17) is 0 Å². The normalized spacial score (nSPS) is 11.1. The fraction of sp³-hybridized carbons (Fsp3) is 0.190. The number of benzene rings is 1. The van der Waals surface area contributed by atoms with Crippen molar-refractivity contribution in [3.63, 3.8) is 0 Å². The lowest BCUT2D eigenvalue weighted by Gasteiger charge is -2.08. The van der Waals surface area contributed by atoms with E-state index in [-0.39, 0.29) is 22.4 Å². The second-order valence-corrected chi connectivity index (χ2v) is 8.09. The molecule has 0 saturated carbocycles. The van der Waals surface area contributed by atoms with E-state index in [1.807, 2.05) is 13.8 Å². The maximum atomic E-state index is 13.2. The average Bonchev–Trinajstić information content (AvgIpc) is 3.11. The molecule has 31 heavy (non-hydrogen) atoms. The second-order valence-electron chi connectivity index (χ2n) is 6.89. The summed E-state index contributed by atoms with van der Waals surface area (Å²) in [6, 6.07) is 7.35. The minimum absolute atomic E-state index is 0.156. The summed E-state index contributed by atoms with van der Waals surface area (Å²) in [6.07, 6.45) is 2.01. The zero-order valence-corrected chi connectivity index (χ0v) is 17.5. The summed E-state index contributed by atoms with van der Waals surface area (Å²) in [7, 11) is 0. The number of rotatable bonds is 5. The number of amides is 1. The van der Waals surface area contributed by atoms with E-state index >= 15 is 0 Å². The van der Waals surface area contributed by atoms with Crippen molar-refractivity contribution >= 4 is 33.4 Å². The SMILES string of the molecule is CCCn1c(=O)[nH]c(=O)c2cc(C(=O)Nc3nc(-c4ccc(F)cc4)c(C)s3)cnc21. The summed E-state index contributed by atoms with van der Waals surface area (Å²) in [5, 5.41) is 3.23. The predicted molar refractivity (Wildman–Crippen MR) is 117 cm³/mol. The van der Waals surface area contributed by atoms with Crippen LogP contribution < -0.4 is 16.6 Å². The third-order valence-electron chi connectivity index (χ3n) is 4.68. The lowest BCUT2D eigenvalue weighted by atomic mass is 10.1. The number of nitrogens with zero attached hydrogens (tertiary/aromatic N) is 3. The molecule has 0 aliphatic heterocycles. The summed E-state index contributed by atoms with van der Waals surface area (Å²) in [5.41, 5.74) is 0.654. The molecule has 3 aromatic heterocycles. The molecule has 0 radical (unpaired) electrons. The van der Waals surface area contributed by atoms with Crippen molar-refractivity contribution in [3.8, 4) is 11.3 Å². The Morgan fingerprint density at radius 1 is 1.26 bits per heavy atom. The van der Waals surface area contributed by atoms with Gasteiger partial charge in [-0.05, 0) is 43.7 Å². The Morgan fingerprint density at radius 2 is 2.00 bits per heavy atom. The van der Waals surface area contributed by atoms with Gasteiger partial charge >= 0.3 is 5.69 Å². The molecule has 0 aliphatic carbocycles. The molecule has 8 nitrogen and oxygen atoms in total. The highest BCUT2D eigenvalue weighted by atomic mass is 32.1. The highest BCUT2D eigenvalue weighted by Crippen LogP contribution is 2.30. The van der Waals surface area contributed by atoms with Gasteiger partial charge in [-0.15, -0.1) is 11.3 Å². The molecule has 1 amide bonds. The Morgan fingerprint density at radius 3 is 2.71 bits per heavy atom. The van der Waals surface area contributed by atoms with Gasteiger partial charge in [0.1, 0.15) is 11.5 Å². The van der Waals surface area contributed by atoms with E-state index in [0.29, 0.717) is 23.8 Å². The fourth-order valence-electron chi connectivity index (χ4n) is 3.22. The molecule has 0 fully saturated rings. The van der Waals surface area contributed by atoms with Crippen molar-refractivity contribution in [1.82, 2.24) is 19.5 Å². The smallest absolute Gasteiger partial charge is 0.298 e. The lowest BCUT2D eigenvalue weighted by Crippen LogP contribution is -2.31. The van der Waals surface area contributed by atoms with Crippen LogP contribution in [0.15, 0.2) is 46.1 Å². The van der Waals surface area contributed by atoms with Gasteiger partial charge in [0.2, 0.25) is 0 Å². The van der Waals surface area contributed by atoms with Crippen LogP contribution in [0, 0.1) is 12.7 Å². The Labute approximate surface area is 179 Å². The number of aromatic nitrogens is 4. The zero-order chi connectivity index (χ0) is 22.1. The van der Waals surface area contributed by atoms with Crippen molar-refractivity contribution in [2.75, 3.05) is 5.32 Å². The molecule has 1 aromatic carbocycles. The van der Waals surface area contributed by atoms with Crippen LogP contribution in [0.5, 0.6) is 0 Å². The van der Waals surface area contributed by atoms with Crippen molar-refractivity contribution in [2.24, 2.45) is 0 Å². The van der Waals surface area contributed by atoms with Crippen molar-refractivity contribution in [3.05, 3.63) is 73.6 Å². The standard InChI is InChI=1S/C21H18FN5O3S/c1-3-8-27-17-15(19(29)26-21(27)30)9-13(10-23-17)18(28)25-20-24-16(11(2)31-20)12-4-6-14(22)7-5-12/h4-7,9-10H,3,8H2,1-2H3,(H,24,25,28)(H,26,29,30). The topological polar surface area (TPSA) is 110 Å². The number of nitrogens with one attached hydrogen (secondary N) is 2. The molecule has 0 bridgehead atoms. The number of anilines is 1. The first-order chi connectivity index (χ1) is 14.9. The number of hydrogen-bond donors (Lipinski definition) is 2. The quantitative estimate of drug-likeness (QED) is 0.496. The number of aromatic amines is 1. The molecule has 0 unspecified atom stereocenters. The Hall–Kier alpha value is -3.66. The number of hydrogen-bond acceptors (Lipinski definition) is 6. The number of fused-ring (bicyclic) bond motifs is 1. The zero-order valence-electron chi connectivity index (χ0n) is 16.7. The monoisotopic (exact) mass is 439 g/mol. The van der Waals surface area contributed by atoms with Gasteiger partial charge in [-0.1, -0.05) is 6.92 Å². The summed E-state index contributed by atoms with van der Waals surface area (Å²) in [4.78, 5) is 48.8. The molecule has 10 heteroatoms. The van der Waals surface area contributed by atoms with Crippen molar-refractivity contribution in [1.29, 1.82) is 0 Å².